The maximum absolute atomic E-state index is 12.1. The molecule has 1 aliphatic rings. The van der Waals surface area contributed by atoms with Gasteiger partial charge in [-0.3, -0.25) is 9.69 Å². The second kappa shape index (κ2) is 10.0. The molecule has 1 fully saturated rings. The van der Waals surface area contributed by atoms with Gasteiger partial charge < -0.3 is 14.6 Å². The van der Waals surface area contributed by atoms with Crippen molar-refractivity contribution in [1.82, 2.24) is 9.21 Å². The van der Waals surface area contributed by atoms with Gasteiger partial charge in [0.15, 0.2) is 0 Å². The summed E-state index contributed by atoms with van der Waals surface area (Å²) < 4.78 is 31.3. The van der Waals surface area contributed by atoms with E-state index in [-0.39, 0.29) is 18.1 Å². The van der Waals surface area contributed by atoms with E-state index in [2.05, 4.69) is 0 Å². The zero-order valence-corrected chi connectivity index (χ0v) is 17.7. The minimum absolute atomic E-state index is 0.0373. The van der Waals surface area contributed by atoms with Crippen molar-refractivity contribution < 1.29 is 27.8 Å². The lowest BCUT2D eigenvalue weighted by Gasteiger charge is -2.17. The monoisotopic (exact) mass is 424 g/mol. The number of aliphatic hydroxyl groups is 1. The number of nitrogens with zero attached hydrogens (tertiary/aromatic N) is 2. The van der Waals surface area contributed by atoms with Crippen molar-refractivity contribution in [1.29, 1.82) is 0 Å². The summed E-state index contributed by atoms with van der Waals surface area (Å²) in [5.74, 6) is 1.30. The molecular weight excluding hydrogens is 396 g/mol. The number of aliphatic hydroxyl groups excluding tert-OH is 1. The van der Waals surface area contributed by atoms with Crippen LogP contribution in [0.25, 0.3) is 11.3 Å². The molecule has 0 saturated carbocycles. The highest BCUT2D eigenvalue weighted by atomic mass is 32.2. The summed E-state index contributed by atoms with van der Waals surface area (Å²) >= 11 is 0. The Balaban J connectivity index is 0.000000941. The molecule has 0 radical (unpaired) electrons. The van der Waals surface area contributed by atoms with Crippen LogP contribution in [0.15, 0.2) is 40.8 Å². The number of sulfonamides is 1. The molecule has 2 heterocycles. The SMILES string of the molecule is Cc1ccc(-c2ccc(CN3C[C@@H](CS(=O)(=O)N(C)C)[C@@H](O)C3)o2)cc1.O=CO. The Hall–Kier alpha value is -2.20. The molecule has 1 aromatic heterocycles. The second-order valence-corrected chi connectivity index (χ2v) is 9.55. The van der Waals surface area contributed by atoms with Crippen molar-refractivity contribution in [3.05, 3.63) is 47.7 Å². The number of aryl methyl sites for hydroxylation is 1. The molecule has 9 heteroatoms. The van der Waals surface area contributed by atoms with Gasteiger partial charge in [0.25, 0.3) is 6.47 Å². The number of carboxylic acid groups (broad SMARTS) is 1. The molecule has 1 aliphatic heterocycles. The summed E-state index contributed by atoms with van der Waals surface area (Å²) in [6, 6.07) is 12.0. The van der Waals surface area contributed by atoms with Crippen LogP contribution in [-0.2, 0) is 21.4 Å². The fraction of sp³-hybridized carbons (Fsp3) is 0.450. The summed E-state index contributed by atoms with van der Waals surface area (Å²) in [5, 5.41) is 17.1. The Bertz CT molecular complexity index is 892. The van der Waals surface area contributed by atoms with E-state index in [9.17, 15) is 13.5 Å². The summed E-state index contributed by atoms with van der Waals surface area (Å²) in [6.45, 7) is 3.34. The molecule has 8 nitrogen and oxygen atoms in total. The molecule has 2 atom stereocenters. The van der Waals surface area contributed by atoms with Crippen molar-refractivity contribution in [3.63, 3.8) is 0 Å². The molecule has 3 rings (SSSR count). The van der Waals surface area contributed by atoms with E-state index in [1.54, 1.807) is 0 Å². The van der Waals surface area contributed by atoms with Crippen molar-refractivity contribution in [2.45, 2.75) is 19.6 Å². The zero-order valence-electron chi connectivity index (χ0n) is 16.9. The standard InChI is InChI=1S/C19H26N2O4S.CH2O2/c1-14-4-6-15(7-5-14)19-9-8-17(25-19)11-21-10-16(18(22)12-21)13-26(23,24)20(2)3;2-1-3/h4-9,16,18,22H,10-13H2,1-3H3;1H,(H,2,3)/t16-,18-;/m0./s1. The summed E-state index contributed by atoms with van der Waals surface area (Å²) in [5.41, 5.74) is 2.23. The molecule has 0 aliphatic carbocycles. The Morgan fingerprint density at radius 1 is 1.17 bits per heavy atom. The van der Waals surface area contributed by atoms with Gasteiger partial charge in [0.05, 0.1) is 18.4 Å². The first-order chi connectivity index (χ1) is 13.7. The van der Waals surface area contributed by atoms with Crippen molar-refractivity contribution in [2.75, 3.05) is 32.9 Å². The highest BCUT2D eigenvalue weighted by molar-refractivity contribution is 7.89. The number of likely N-dealkylation sites (tertiary alicyclic amines) is 1. The first-order valence-electron chi connectivity index (χ1n) is 9.20. The maximum atomic E-state index is 12.1. The van der Waals surface area contributed by atoms with Gasteiger partial charge in [0.1, 0.15) is 11.5 Å². The molecule has 0 amide bonds. The molecule has 2 aromatic rings. The summed E-state index contributed by atoms with van der Waals surface area (Å²) in [6.07, 6.45) is -0.642. The van der Waals surface area contributed by atoms with Gasteiger partial charge in [0.2, 0.25) is 10.0 Å². The third-order valence-corrected chi connectivity index (χ3v) is 6.80. The number of furan rings is 1. The van der Waals surface area contributed by atoms with E-state index in [1.165, 1.54) is 24.0 Å². The lowest BCUT2D eigenvalue weighted by atomic mass is 10.1. The predicted octanol–water partition coefficient (Wildman–Crippen LogP) is 1.64. The first kappa shape index (κ1) is 23.1. The number of carbonyl (C=O) groups is 1. The van der Waals surface area contributed by atoms with Gasteiger partial charge in [-0.15, -0.1) is 0 Å². The topological polar surface area (TPSA) is 111 Å². The van der Waals surface area contributed by atoms with Crippen LogP contribution in [-0.4, -0.2) is 73.3 Å². The van der Waals surface area contributed by atoms with E-state index < -0.39 is 16.1 Å². The highest BCUT2D eigenvalue weighted by Gasteiger charge is 2.35. The minimum Gasteiger partial charge on any atom is -0.483 e. The molecule has 1 saturated heterocycles. The van der Waals surface area contributed by atoms with Crippen LogP contribution in [0.4, 0.5) is 0 Å². The quantitative estimate of drug-likeness (QED) is 0.678. The van der Waals surface area contributed by atoms with E-state index in [0.29, 0.717) is 19.6 Å². The van der Waals surface area contributed by atoms with E-state index in [1.807, 2.05) is 48.2 Å². The van der Waals surface area contributed by atoms with Crippen molar-refractivity contribution in [2.24, 2.45) is 5.92 Å². The fourth-order valence-electron chi connectivity index (χ4n) is 3.21. The molecule has 0 bridgehead atoms. The number of rotatable bonds is 6. The number of benzene rings is 1. The average Bonchev–Trinajstić information content (AvgIpc) is 3.23. The van der Waals surface area contributed by atoms with Crippen LogP contribution in [0.1, 0.15) is 11.3 Å². The Morgan fingerprint density at radius 2 is 1.79 bits per heavy atom. The van der Waals surface area contributed by atoms with E-state index in [0.717, 1.165) is 17.1 Å². The lowest BCUT2D eigenvalue weighted by molar-refractivity contribution is -0.122. The van der Waals surface area contributed by atoms with Gasteiger partial charge in [-0.05, 0) is 19.1 Å². The zero-order chi connectivity index (χ0) is 21.6. The molecule has 0 spiro atoms. The number of β-amino-alcohol motifs (C(OH)–C–C–N with tert-alkyl or cyclic N) is 1. The fourth-order valence-corrected chi connectivity index (χ4v) is 4.38. The van der Waals surface area contributed by atoms with Gasteiger partial charge in [0, 0.05) is 38.7 Å². The minimum atomic E-state index is -3.32. The largest absolute Gasteiger partial charge is 0.483 e. The van der Waals surface area contributed by atoms with Crippen LogP contribution in [0, 0.1) is 12.8 Å². The molecule has 1 aromatic carbocycles. The third-order valence-electron chi connectivity index (χ3n) is 4.84. The Morgan fingerprint density at radius 3 is 2.38 bits per heavy atom. The van der Waals surface area contributed by atoms with Gasteiger partial charge in [-0.2, -0.15) is 0 Å². The molecule has 160 valence electrons. The molecule has 2 N–H and O–H groups in total. The number of hydrogen-bond donors (Lipinski definition) is 2. The van der Waals surface area contributed by atoms with Crippen LogP contribution in [0.5, 0.6) is 0 Å². The van der Waals surface area contributed by atoms with Crippen LogP contribution in [0.3, 0.4) is 0 Å². The summed E-state index contributed by atoms with van der Waals surface area (Å²) in [7, 11) is -0.288. The van der Waals surface area contributed by atoms with Crippen molar-refractivity contribution >= 4 is 16.5 Å². The first-order valence-corrected chi connectivity index (χ1v) is 10.8. The molecule has 29 heavy (non-hydrogen) atoms. The van der Waals surface area contributed by atoms with E-state index in [4.69, 9.17) is 14.3 Å². The maximum Gasteiger partial charge on any atom is 0.290 e. The van der Waals surface area contributed by atoms with Gasteiger partial charge >= 0.3 is 0 Å². The summed E-state index contributed by atoms with van der Waals surface area (Å²) in [4.78, 5) is 10.4. The second-order valence-electron chi connectivity index (χ2n) is 7.32. The number of hydrogen-bond acceptors (Lipinski definition) is 6. The third kappa shape index (κ3) is 6.40. The molecular formula is C20H28N2O6S. The Labute approximate surface area is 171 Å². The van der Waals surface area contributed by atoms with Crippen LogP contribution < -0.4 is 0 Å². The van der Waals surface area contributed by atoms with Crippen LogP contribution >= 0.6 is 0 Å². The highest BCUT2D eigenvalue weighted by Crippen LogP contribution is 2.26. The molecule has 0 unspecified atom stereocenters. The van der Waals surface area contributed by atoms with Gasteiger partial charge in [-0.1, -0.05) is 29.8 Å². The average molecular weight is 425 g/mol. The predicted molar refractivity (Wildman–Crippen MR) is 110 cm³/mol. The van der Waals surface area contributed by atoms with Crippen molar-refractivity contribution in [3.8, 4) is 11.3 Å². The Kier molecular flexibility index (Phi) is 7.97. The van der Waals surface area contributed by atoms with E-state index >= 15 is 0 Å². The normalized spacial score (nSPS) is 19.8. The smallest absolute Gasteiger partial charge is 0.290 e. The lowest BCUT2D eigenvalue weighted by Crippen LogP contribution is -2.33. The van der Waals surface area contributed by atoms with Crippen LogP contribution in [0.2, 0.25) is 0 Å². The van der Waals surface area contributed by atoms with Gasteiger partial charge in [-0.25, -0.2) is 12.7 Å².